The van der Waals surface area contributed by atoms with Crippen molar-refractivity contribution >= 4 is 17.6 Å². The molecule has 0 aliphatic rings. The highest BCUT2D eigenvalue weighted by Gasteiger charge is 2.19. The first-order valence-corrected chi connectivity index (χ1v) is 9.67. The first-order valence-electron chi connectivity index (χ1n) is 9.67. The topological polar surface area (TPSA) is 105 Å². The highest BCUT2D eigenvalue weighted by atomic mass is 16.5. The molecule has 0 fully saturated rings. The monoisotopic (exact) mass is 412 g/mol. The number of methoxy groups -OCH3 is 1. The Kier molecular flexibility index (Phi) is 5.33. The third-order valence-corrected chi connectivity index (χ3v) is 5.13. The molecule has 0 radical (unpaired) electrons. The first kappa shape index (κ1) is 20.0. The molecular weight excluding hydrogens is 392 g/mol. The number of fused-ring (bicyclic) bond motifs is 1. The fourth-order valence-corrected chi connectivity index (χ4v) is 3.44. The number of carbonyl (C=O) groups is 1. The smallest absolute Gasteiger partial charge is 0.338 e. The summed E-state index contributed by atoms with van der Waals surface area (Å²) in [4.78, 5) is 25.3. The molecule has 8 nitrogen and oxygen atoms in total. The minimum Gasteiger partial charge on any atom is -0.465 e. The SMILES string of the molecule is COC(=O)c1ccn2c(-c3nc(N[C@@H](C)c4ccccc4)ncc3C#N)cnc2c1C. The molecule has 4 rings (SSSR count). The lowest BCUT2D eigenvalue weighted by atomic mass is 10.1. The van der Waals surface area contributed by atoms with Gasteiger partial charge in [0.25, 0.3) is 0 Å². The number of rotatable bonds is 5. The second kappa shape index (κ2) is 8.24. The quantitative estimate of drug-likeness (QED) is 0.495. The number of hydrogen-bond donors (Lipinski definition) is 1. The first-order chi connectivity index (χ1) is 15.0. The van der Waals surface area contributed by atoms with Gasteiger partial charge in [0, 0.05) is 11.8 Å². The molecule has 1 atom stereocenters. The third-order valence-electron chi connectivity index (χ3n) is 5.13. The maximum atomic E-state index is 12.0. The van der Waals surface area contributed by atoms with E-state index in [0.717, 1.165) is 5.56 Å². The van der Waals surface area contributed by atoms with Gasteiger partial charge in [0.15, 0.2) is 0 Å². The summed E-state index contributed by atoms with van der Waals surface area (Å²) in [5.74, 6) is -0.0195. The molecule has 154 valence electrons. The number of aryl methyl sites for hydroxylation is 1. The van der Waals surface area contributed by atoms with Gasteiger partial charge in [-0.3, -0.25) is 4.40 Å². The summed E-state index contributed by atoms with van der Waals surface area (Å²) in [5.41, 5.74) is 4.22. The van der Waals surface area contributed by atoms with Crippen LogP contribution in [0.15, 0.2) is 55.0 Å². The molecular formula is C23H20N6O2. The molecule has 1 aromatic carbocycles. The van der Waals surface area contributed by atoms with Crippen molar-refractivity contribution in [2.24, 2.45) is 0 Å². The van der Waals surface area contributed by atoms with Gasteiger partial charge in [-0.05, 0) is 25.5 Å². The van der Waals surface area contributed by atoms with Crippen molar-refractivity contribution in [1.29, 1.82) is 5.26 Å². The summed E-state index contributed by atoms with van der Waals surface area (Å²) in [5, 5.41) is 12.9. The Balaban J connectivity index is 1.76. The molecule has 0 bridgehead atoms. The van der Waals surface area contributed by atoms with Crippen LogP contribution in [0.2, 0.25) is 0 Å². The molecule has 0 aliphatic heterocycles. The number of imidazole rings is 1. The number of benzene rings is 1. The number of nitrogens with one attached hydrogen (secondary N) is 1. The predicted molar refractivity (Wildman–Crippen MR) is 115 cm³/mol. The number of nitriles is 1. The fourth-order valence-electron chi connectivity index (χ4n) is 3.44. The van der Waals surface area contributed by atoms with E-state index in [0.29, 0.717) is 39.7 Å². The summed E-state index contributed by atoms with van der Waals surface area (Å²) in [7, 11) is 1.34. The van der Waals surface area contributed by atoms with Crippen LogP contribution in [0.4, 0.5) is 5.95 Å². The molecule has 3 aromatic heterocycles. The molecule has 31 heavy (non-hydrogen) atoms. The molecule has 1 N–H and O–H groups in total. The predicted octanol–water partition coefficient (Wildman–Crippen LogP) is 3.93. The van der Waals surface area contributed by atoms with E-state index in [1.54, 1.807) is 29.8 Å². The van der Waals surface area contributed by atoms with Crippen LogP contribution in [0.3, 0.4) is 0 Å². The normalized spacial score (nSPS) is 11.7. The minimum absolute atomic E-state index is 0.0194. The lowest BCUT2D eigenvalue weighted by Crippen LogP contribution is -2.10. The van der Waals surface area contributed by atoms with E-state index in [1.165, 1.54) is 13.3 Å². The zero-order valence-corrected chi connectivity index (χ0v) is 17.3. The van der Waals surface area contributed by atoms with Crippen LogP contribution in [-0.4, -0.2) is 32.4 Å². The van der Waals surface area contributed by atoms with Gasteiger partial charge in [0.2, 0.25) is 5.95 Å². The number of aromatic nitrogens is 4. The molecule has 0 saturated heterocycles. The number of hydrogen-bond acceptors (Lipinski definition) is 7. The Morgan fingerprint density at radius 3 is 2.68 bits per heavy atom. The Labute approximate surface area is 179 Å². The van der Waals surface area contributed by atoms with Gasteiger partial charge in [-0.1, -0.05) is 30.3 Å². The number of carbonyl (C=O) groups excluding carboxylic acids is 1. The van der Waals surface area contributed by atoms with E-state index in [1.807, 2.05) is 37.3 Å². The maximum absolute atomic E-state index is 12.0. The zero-order chi connectivity index (χ0) is 22.0. The van der Waals surface area contributed by atoms with Crippen LogP contribution >= 0.6 is 0 Å². The number of pyridine rings is 1. The van der Waals surface area contributed by atoms with E-state index in [-0.39, 0.29) is 6.04 Å². The zero-order valence-electron chi connectivity index (χ0n) is 17.3. The fraction of sp³-hybridized carbons (Fsp3) is 0.174. The van der Waals surface area contributed by atoms with Gasteiger partial charge in [0.05, 0.1) is 42.4 Å². The molecule has 0 aliphatic carbocycles. The Morgan fingerprint density at radius 1 is 1.19 bits per heavy atom. The second-order valence-electron chi connectivity index (χ2n) is 7.03. The number of nitrogens with zero attached hydrogens (tertiary/aromatic N) is 5. The van der Waals surface area contributed by atoms with Crippen LogP contribution in [-0.2, 0) is 4.74 Å². The Bertz CT molecular complexity index is 1310. The van der Waals surface area contributed by atoms with Gasteiger partial charge in [-0.2, -0.15) is 5.26 Å². The number of ether oxygens (including phenoxy) is 1. The lowest BCUT2D eigenvalue weighted by molar-refractivity contribution is 0.0600. The molecule has 3 heterocycles. The highest BCUT2D eigenvalue weighted by molar-refractivity contribution is 5.92. The van der Waals surface area contributed by atoms with E-state index < -0.39 is 5.97 Å². The number of esters is 1. The summed E-state index contributed by atoms with van der Waals surface area (Å²) < 4.78 is 6.64. The molecule has 8 heteroatoms. The van der Waals surface area contributed by atoms with Crippen LogP contribution < -0.4 is 5.32 Å². The largest absolute Gasteiger partial charge is 0.465 e. The van der Waals surface area contributed by atoms with Crippen LogP contribution in [0.5, 0.6) is 0 Å². The Morgan fingerprint density at radius 2 is 1.97 bits per heavy atom. The Hall–Kier alpha value is -4.25. The van der Waals surface area contributed by atoms with Crippen LogP contribution in [0, 0.1) is 18.3 Å². The molecule has 0 amide bonds. The average Bonchev–Trinajstić information content (AvgIpc) is 3.24. The van der Waals surface area contributed by atoms with Crippen molar-refractivity contribution in [3.8, 4) is 17.5 Å². The van der Waals surface area contributed by atoms with Gasteiger partial charge in [-0.15, -0.1) is 0 Å². The second-order valence-corrected chi connectivity index (χ2v) is 7.03. The summed E-state index contributed by atoms with van der Waals surface area (Å²) in [6.45, 7) is 3.82. The van der Waals surface area contributed by atoms with Crippen molar-refractivity contribution in [2.45, 2.75) is 19.9 Å². The van der Waals surface area contributed by atoms with Gasteiger partial charge in [0.1, 0.15) is 17.4 Å². The van der Waals surface area contributed by atoms with Crippen LogP contribution in [0.1, 0.15) is 40.0 Å². The molecule has 4 aromatic rings. The minimum atomic E-state index is -0.425. The van der Waals surface area contributed by atoms with Crippen molar-refractivity contribution in [2.75, 3.05) is 12.4 Å². The van der Waals surface area contributed by atoms with Gasteiger partial charge in [-0.25, -0.2) is 19.7 Å². The maximum Gasteiger partial charge on any atom is 0.338 e. The molecule has 0 spiro atoms. The lowest BCUT2D eigenvalue weighted by Gasteiger charge is -2.15. The molecule has 0 unspecified atom stereocenters. The summed E-state index contributed by atoms with van der Waals surface area (Å²) >= 11 is 0. The number of anilines is 1. The van der Waals surface area contributed by atoms with Crippen molar-refractivity contribution in [3.63, 3.8) is 0 Å². The van der Waals surface area contributed by atoms with Gasteiger partial charge >= 0.3 is 5.97 Å². The van der Waals surface area contributed by atoms with E-state index in [9.17, 15) is 10.1 Å². The third kappa shape index (κ3) is 3.69. The average molecular weight is 412 g/mol. The summed E-state index contributed by atoms with van der Waals surface area (Å²) in [6.07, 6.45) is 4.86. The molecule has 0 saturated carbocycles. The van der Waals surface area contributed by atoms with Gasteiger partial charge < -0.3 is 10.1 Å². The van der Waals surface area contributed by atoms with Crippen LogP contribution in [0.25, 0.3) is 17.0 Å². The van der Waals surface area contributed by atoms with Crippen molar-refractivity contribution < 1.29 is 9.53 Å². The van der Waals surface area contributed by atoms with E-state index in [2.05, 4.69) is 26.3 Å². The van der Waals surface area contributed by atoms with Crippen molar-refractivity contribution in [3.05, 3.63) is 77.2 Å². The standard InChI is InChI=1S/C23H20N6O2/c1-14-18(22(30)31-3)9-10-29-19(13-25-21(14)29)20-17(11-24)12-26-23(28-20)27-15(2)16-7-5-4-6-8-16/h4-10,12-13,15H,1-3H3,(H,26,27,28)/t15-/m0/s1. The highest BCUT2D eigenvalue weighted by Crippen LogP contribution is 2.26. The van der Waals surface area contributed by atoms with Crippen molar-refractivity contribution in [1.82, 2.24) is 19.4 Å². The van der Waals surface area contributed by atoms with E-state index in [4.69, 9.17) is 4.74 Å². The summed E-state index contributed by atoms with van der Waals surface area (Å²) in [6, 6.07) is 13.8. The van der Waals surface area contributed by atoms with E-state index >= 15 is 0 Å².